The van der Waals surface area contributed by atoms with Crippen molar-refractivity contribution in [1.29, 1.82) is 0 Å². The molecular formula is C16H16N4OS2. The molecule has 23 heavy (non-hydrogen) atoms. The predicted molar refractivity (Wildman–Crippen MR) is 95.8 cm³/mol. The number of hydrogen-bond acceptors (Lipinski definition) is 7. The van der Waals surface area contributed by atoms with Crippen LogP contribution < -0.4 is 5.32 Å². The molecule has 2 heterocycles. The SMILES string of the molecule is CNc1ncc(-c2cc(-c3ccccc3CO)nc(SC)n2)s1. The number of aromatic nitrogens is 3. The molecule has 0 saturated heterocycles. The zero-order valence-electron chi connectivity index (χ0n) is 12.8. The molecule has 1 aromatic carbocycles. The van der Waals surface area contributed by atoms with E-state index in [0.717, 1.165) is 32.5 Å². The van der Waals surface area contributed by atoms with E-state index in [1.165, 1.54) is 11.8 Å². The van der Waals surface area contributed by atoms with Crippen LogP contribution in [0.15, 0.2) is 41.7 Å². The Kier molecular flexibility index (Phi) is 4.90. The third kappa shape index (κ3) is 3.36. The van der Waals surface area contributed by atoms with Crippen LogP contribution in [0.5, 0.6) is 0 Å². The van der Waals surface area contributed by atoms with Gasteiger partial charge in [-0.2, -0.15) is 0 Å². The van der Waals surface area contributed by atoms with Gasteiger partial charge in [0.2, 0.25) is 0 Å². The van der Waals surface area contributed by atoms with Crippen LogP contribution in [-0.2, 0) is 6.61 Å². The van der Waals surface area contributed by atoms with Crippen molar-refractivity contribution >= 4 is 28.2 Å². The zero-order valence-corrected chi connectivity index (χ0v) is 14.4. The first-order valence-electron chi connectivity index (χ1n) is 7.01. The number of benzene rings is 1. The molecule has 0 fully saturated rings. The van der Waals surface area contributed by atoms with Gasteiger partial charge in [-0.05, 0) is 17.9 Å². The fourth-order valence-electron chi connectivity index (χ4n) is 2.20. The minimum Gasteiger partial charge on any atom is -0.392 e. The average Bonchev–Trinajstić information content (AvgIpc) is 3.10. The van der Waals surface area contributed by atoms with Crippen LogP contribution in [0, 0.1) is 0 Å². The summed E-state index contributed by atoms with van der Waals surface area (Å²) >= 11 is 3.04. The van der Waals surface area contributed by atoms with Crippen molar-refractivity contribution in [1.82, 2.24) is 15.0 Å². The summed E-state index contributed by atoms with van der Waals surface area (Å²) < 4.78 is 0. The van der Waals surface area contributed by atoms with Crippen LogP contribution in [0.4, 0.5) is 5.13 Å². The smallest absolute Gasteiger partial charge is 0.188 e. The Balaban J connectivity index is 2.12. The highest BCUT2D eigenvalue weighted by molar-refractivity contribution is 7.98. The largest absolute Gasteiger partial charge is 0.392 e. The Labute approximate surface area is 142 Å². The highest BCUT2D eigenvalue weighted by atomic mass is 32.2. The molecular weight excluding hydrogens is 328 g/mol. The number of rotatable bonds is 5. The van der Waals surface area contributed by atoms with E-state index in [0.29, 0.717) is 5.16 Å². The summed E-state index contributed by atoms with van der Waals surface area (Å²) in [6.07, 6.45) is 3.76. The monoisotopic (exact) mass is 344 g/mol. The van der Waals surface area contributed by atoms with Crippen molar-refractivity contribution in [2.24, 2.45) is 0 Å². The summed E-state index contributed by atoms with van der Waals surface area (Å²) in [4.78, 5) is 14.5. The quantitative estimate of drug-likeness (QED) is 0.545. The molecule has 0 aliphatic rings. The standard InChI is InChI=1S/C16H16N4OS2/c1-17-15-18-8-14(23-15)13-7-12(19-16(20-13)22-2)11-6-4-3-5-10(11)9-21/h3-8,21H,9H2,1-2H3,(H,17,18). The highest BCUT2D eigenvalue weighted by Gasteiger charge is 2.12. The van der Waals surface area contributed by atoms with E-state index in [-0.39, 0.29) is 6.61 Å². The molecule has 3 rings (SSSR count). The lowest BCUT2D eigenvalue weighted by Crippen LogP contribution is -1.96. The molecule has 2 N–H and O–H groups in total. The van der Waals surface area contributed by atoms with E-state index < -0.39 is 0 Å². The second-order valence-corrected chi connectivity index (χ2v) is 6.52. The Bertz CT molecular complexity index is 819. The van der Waals surface area contributed by atoms with Gasteiger partial charge in [-0.1, -0.05) is 47.4 Å². The summed E-state index contributed by atoms with van der Waals surface area (Å²) in [6, 6.07) is 9.67. The number of thiazole rings is 1. The molecule has 7 heteroatoms. The molecule has 3 aromatic rings. The molecule has 0 saturated carbocycles. The van der Waals surface area contributed by atoms with Crippen molar-refractivity contribution < 1.29 is 5.11 Å². The van der Waals surface area contributed by atoms with E-state index in [1.54, 1.807) is 11.3 Å². The van der Waals surface area contributed by atoms with E-state index in [9.17, 15) is 5.11 Å². The summed E-state index contributed by atoms with van der Waals surface area (Å²) in [6.45, 7) is -0.0193. The van der Waals surface area contributed by atoms with Gasteiger partial charge in [-0.3, -0.25) is 0 Å². The van der Waals surface area contributed by atoms with Gasteiger partial charge in [0.25, 0.3) is 0 Å². The van der Waals surface area contributed by atoms with Gasteiger partial charge in [0.15, 0.2) is 10.3 Å². The summed E-state index contributed by atoms with van der Waals surface area (Å²) in [5.74, 6) is 0. The molecule has 0 aliphatic heterocycles. The third-order valence-electron chi connectivity index (χ3n) is 3.32. The molecule has 2 aromatic heterocycles. The van der Waals surface area contributed by atoms with Gasteiger partial charge in [0.05, 0.1) is 22.9 Å². The maximum absolute atomic E-state index is 9.56. The van der Waals surface area contributed by atoms with Crippen molar-refractivity contribution in [2.75, 3.05) is 18.6 Å². The van der Waals surface area contributed by atoms with Gasteiger partial charge in [-0.25, -0.2) is 15.0 Å². The molecule has 5 nitrogen and oxygen atoms in total. The zero-order chi connectivity index (χ0) is 16.2. The lowest BCUT2D eigenvalue weighted by Gasteiger charge is -2.09. The van der Waals surface area contributed by atoms with E-state index in [1.807, 2.05) is 49.8 Å². The lowest BCUT2D eigenvalue weighted by molar-refractivity contribution is 0.282. The predicted octanol–water partition coefficient (Wildman–Crippen LogP) is 3.52. The van der Waals surface area contributed by atoms with Crippen LogP contribution in [0.3, 0.4) is 0 Å². The number of aliphatic hydroxyl groups excluding tert-OH is 1. The van der Waals surface area contributed by atoms with E-state index >= 15 is 0 Å². The fourth-order valence-corrected chi connectivity index (χ4v) is 3.31. The Morgan fingerprint density at radius 1 is 1.22 bits per heavy atom. The van der Waals surface area contributed by atoms with Crippen molar-refractivity contribution in [3.63, 3.8) is 0 Å². The van der Waals surface area contributed by atoms with Crippen LogP contribution in [0.1, 0.15) is 5.56 Å². The van der Waals surface area contributed by atoms with Crippen molar-refractivity contribution in [3.8, 4) is 21.8 Å². The fraction of sp³-hybridized carbons (Fsp3) is 0.188. The maximum atomic E-state index is 9.56. The number of hydrogen-bond donors (Lipinski definition) is 2. The second kappa shape index (κ2) is 7.08. The molecule has 0 atom stereocenters. The Morgan fingerprint density at radius 2 is 2.00 bits per heavy atom. The number of nitrogens with zero attached hydrogens (tertiary/aromatic N) is 3. The summed E-state index contributed by atoms with van der Waals surface area (Å²) in [7, 11) is 1.85. The molecule has 0 amide bonds. The molecule has 0 spiro atoms. The Hall–Kier alpha value is -1.96. The third-order valence-corrected chi connectivity index (χ3v) is 4.91. The van der Waals surface area contributed by atoms with Gasteiger partial charge in [-0.15, -0.1) is 0 Å². The molecule has 118 valence electrons. The van der Waals surface area contributed by atoms with Gasteiger partial charge < -0.3 is 10.4 Å². The maximum Gasteiger partial charge on any atom is 0.188 e. The Morgan fingerprint density at radius 3 is 2.70 bits per heavy atom. The normalized spacial score (nSPS) is 10.7. The van der Waals surface area contributed by atoms with Gasteiger partial charge >= 0.3 is 0 Å². The summed E-state index contributed by atoms with van der Waals surface area (Å²) in [5, 5.41) is 14.1. The number of anilines is 1. The number of aliphatic hydroxyl groups is 1. The molecule has 0 bridgehead atoms. The van der Waals surface area contributed by atoms with Crippen LogP contribution in [0.2, 0.25) is 0 Å². The topological polar surface area (TPSA) is 70.9 Å². The first kappa shape index (κ1) is 15.9. The van der Waals surface area contributed by atoms with Crippen LogP contribution in [0.25, 0.3) is 21.8 Å². The van der Waals surface area contributed by atoms with Crippen molar-refractivity contribution in [3.05, 3.63) is 42.1 Å². The lowest BCUT2D eigenvalue weighted by atomic mass is 10.0. The minimum atomic E-state index is -0.0193. The number of thioether (sulfide) groups is 1. The average molecular weight is 344 g/mol. The van der Waals surface area contributed by atoms with E-state index in [2.05, 4.69) is 20.3 Å². The van der Waals surface area contributed by atoms with Gasteiger partial charge in [0, 0.05) is 18.8 Å². The van der Waals surface area contributed by atoms with Gasteiger partial charge in [0.1, 0.15) is 0 Å². The molecule has 0 radical (unpaired) electrons. The van der Waals surface area contributed by atoms with Crippen LogP contribution in [-0.4, -0.2) is 33.4 Å². The first-order chi connectivity index (χ1) is 11.2. The van der Waals surface area contributed by atoms with E-state index in [4.69, 9.17) is 0 Å². The molecule has 0 aliphatic carbocycles. The second-order valence-electron chi connectivity index (χ2n) is 4.72. The first-order valence-corrected chi connectivity index (χ1v) is 9.05. The van der Waals surface area contributed by atoms with Crippen LogP contribution >= 0.6 is 23.1 Å². The van der Waals surface area contributed by atoms with Crippen molar-refractivity contribution in [2.45, 2.75) is 11.8 Å². The minimum absolute atomic E-state index is 0.0193. The highest BCUT2D eigenvalue weighted by Crippen LogP contribution is 2.32. The summed E-state index contributed by atoms with van der Waals surface area (Å²) in [5.41, 5.74) is 3.42. The number of nitrogens with one attached hydrogen (secondary N) is 1. The molecule has 0 unspecified atom stereocenters.